The lowest BCUT2D eigenvalue weighted by molar-refractivity contribution is 0.459. The van der Waals surface area contributed by atoms with E-state index < -0.39 is 0 Å². The van der Waals surface area contributed by atoms with Gasteiger partial charge in [-0.3, -0.25) is 4.68 Å². The fourth-order valence-corrected chi connectivity index (χ4v) is 1.79. The lowest BCUT2D eigenvalue weighted by atomic mass is 10.1. The van der Waals surface area contributed by atoms with Crippen molar-refractivity contribution in [3.05, 3.63) is 17.8 Å². The first-order valence-electron chi connectivity index (χ1n) is 5.43. The minimum Gasteiger partial charge on any atom is -0.420 e. The van der Waals surface area contributed by atoms with Crippen molar-refractivity contribution in [3.8, 4) is 11.5 Å². The number of aryl methyl sites for hydroxylation is 2. The fourth-order valence-electron chi connectivity index (χ4n) is 1.79. The van der Waals surface area contributed by atoms with Crippen LogP contribution in [0.3, 0.4) is 0 Å². The molecule has 0 radical (unpaired) electrons. The highest BCUT2D eigenvalue weighted by Gasteiger charge is 2.44. The lowest BCUT2D eigenvalue weighted by Gasteiger charge is -1.98. The topological polar surface area (TPSA) is 56.7 Å². The van der Waals surface area contributed by atoms with Gasteiger partial charge in [-0.15, -0.1) is 10.2 Å². The fraction of sp³-hybridized carbons (Fsp3) is 0.545. The Morgan fingerprint density at radius 2 is 2.12 bits per heavy atom. The molecule has 2 heterocycles. The molecule has 5 heteroatoms. The van der Waals surface area contributed by atoms with Crippen LogP contribution in [0.25, 0.3) is 11.5 Å². The van der Waals surface area contributed by atoms with E-state index in [0.717, 1.165) is 30.0 Å². The van der Waals surface area contributed by atoms with E-state index in [-0.39, 0.29) is 5.41 Å². The first-order valence-corrected chi connectivity index (χ1v) is 5.43. The van der Waals surface area contributed by atoms with Gasteiger partial charge in [-0.25, -0.2) is 0 Å². The monoisotopic (exact) mass is 218 g/mol. The summed E-state index contributed by atoms with van der Waals surface area (Å²) in [7, 11) is 1.88. The van der Waals surface area contributed by atoms with Crippen molar-refractivity contribution in [2.75, 3.05) is 0 Å². The summed E-state index contributed by atoms with van der Waals surface area (Å²) in [5.41, 5.74) is 1.96. The Kier molecular flexibility index (Phi) is 1.75. The molecule has 0 aliphatic heterocycles. The molecule has 3 rings (SSSR count). The maximum Gasteiger partial charge on any atom is 0.251 e. The van der Waals surface area contributed by atoms with Gasteiger partial charge in [0.25, 0.3) is 5.89 Å². The van der Waals surface area contributed by atoms with Crippen LogP contribution < -0.4 is 0 Å². The van der Waals surface area contributed by atoms with Crippen molar-refractivity contribution in [1.82, 2.24) is 20.0 Å². The Morgan fingerprint density at radius 1 is 1.38 bits per heavy atom. The quantitative estimate of drug-likeness (QED) is 0.771. The van der Waals surface area contributed by atoms with Crippen LogP contribution in [-0.2, 0) is 12.5 Å². The molecule has 1 saturated carbocycles. The minimum absolute atomic E-state index is 0.126. The van der Waals surface area contributed by atoms with E-state index in [1.54, 1.807) is 4.68 Å². The summed E-state index contributed by atoms with van der Waals surface area (Å²) < 4.78 is 7.47. The van der Waals surface area contributed by atoms with Gasteiger partial charge in [-0.2, -0.15) is 5.10 Å². The Morgan fingerprint density at radius 3 is 2.69 bits per heavy atom. The minimum atomic E-state index is 0.126. The molecule has 0 unspecified atom stereocenters. The Labute approximate surface area is 93.5 Å². The van der Waals surface area contributed by atoms with Crippen molar-refractivity contribution in [1.29, 1.82) is 0 Å². The third kappa shape index (κ3) is 1.35. The Balaban J connectivity index is 2.01. The Bertz CT molecular complexity index is 536. The van der Waals surface area contributed by atoms with Gasteiger partial charge in [-0.1, -0.05) is 6.92 Å². The SMILES string of the molecule is Cc1nn(C)cc1-c1nnc(C2(C)CC2)o1. The highest BCUT2D eigenvalue weighted by molar-refractivity contribution is 5.54. The van der Waals surface area contributed by atoms with Crippen molar-refractivity contribution < 1.29 is 4.42 Å². The van der Waals surface area contributed by atoms with Crippen LogP contribution in [0.15, 0.2) is 10.6 Å². The molecule has 5 nitrogen and oxygen atoms in total. The predicted octanol–water partition coefficient (Wildman–Crippen LogP) is 1.83. The molecule has 0 amide bonds. The third-order valence-electron chi connectivity index (χ3n) is 3.19. The summed E-state index contributed by atoms with van der Waals surface area (Å²) >= 11 is 0. The third-order valence-corrected chi connectivity index (χ3v) is 3.19. The average Bonchev–Trinajstić information content (AvgIpc) is 2.70. The molecule has 0 spiro atoms. The van der Waals surface area contributed by atoms with E-state index in [2.05, 4.69) is 22.2 Å². The molecule has 1 fully saturated rings. The number of aromatic nitrogens is 4. The number of rotatable bonds is 2. The predicted molar refractivity (Wildman–Crippen MR) is 57.8 cm³/mol. The van der Waals surface area contributed by atoms with Gasteiger partial charge in [0.05, 0.1) is 11.3 Å². The molecule has 0 N–H and O–H groups in total. The van der Waals surface area contributed by atoms with Crippen LogP contribution in [0, 0.1) is 6.92 Å². The summed E-state index contributed by atoms with van der Waals surface area (Å²) in [5.74, 6) is 1.33. The van der Waals surface area contributed by atoms with Crippen LogP contribution >= 0.6 is 0 Å². The zero-order valence-electron chi connectivity index (χ0n) is 9.69. The zero-order valence-corrected chi connectivity index (χ0v) is 9.69. The van der Waals surface area contributed by atoms with Gasteiger partial charge in [0.2, 0.25) is 5.89 Å². The normalized spacial score (nSPS) is 17.7. The van der Waals surface area contributed by atoms with Crippen LogP contribution in [0.2, 0.25) is 0 Å². The molecular weight excluding hydrogens is 204 g/mol. The highest BCUT2D eigenvalue weighted by atomic mass is 16.4. The number of hydrogen-bond acceptors (Lipinski definition) is 4. The van der Waals surface area contributed by atoms with E-state index in [9.17, 15) is 0 Å². The number of nitrogens with zero attached hydrogens (tertiary/aromatic N) is 4. The summed E-state index contributed by atoms with van der Waals surface area (Å²) in [6.45, 7) is 4.10. The van der Waals surface area contributed by atoms with Crippen molar-refractivity contribution in [2.45, 2.75) is 32.1 Å². The van der Waals surface area contributed by atoms with Gasteiger partial charge in [-0.05, 0) is 19.8 Å². The second-order valence-corrected chi connectivity index (χ2v) is 4.77. The van der Waals surface area contributed by atoms with Gasteiger partial charge in [0.15, 0.2) is 0 Å². The summed E-state index contributed by atoms with van der Waals surface area (Å²) in [4.78, 5) is 0. The first-order chi connectivity index (χ1) is 7.58. The first kappa shape index (κ1) is 9.57. The second kappa shape index (κ2) is 2.93. The van der Waals surface area contributed by atoms with E-state index in [1.165, 1.54) is 0 Å². The summed E-state index contributed by atoms with van der Waals surface area (Å²) in [6, 6.07) is 0. The summed E-state index contributed by atoms with van der Waals surface area (Å²) in [6.07, 6.45) is 4.18. The Hall–Kier alpha value is -1.65. The van der Waals surface area contributed by atoms with Gasteiger partial charge in [0, 0.05) is 18.7 Å². The van der Waals surface area contributed by atoms with Crippen LogP contribution in [0.5, 0.6) is 0 Å². The van der Waals surface area contributed by atoms with Crippen LogP contribution in [0.4, 0.5) is 0 Å². The molecule has 2 aromatic heterocycles. The average molecular weight is 218 g/mol. The lowest BCUT2D eigenvalue weighted by Crippen LogP contribution is -1.99. The molecule has 16 heavy (non-hydrogen) atoms. The molecule has 0 aromatic carbocycles. The van der Waals surface area contributed by atoms with E-state index in [4.69, 9.17) is 4.42 Å². The zero-order chi connectivity index (χ0) is 11.3. The van der Waals surface area contributed by atoms with Gasteiger partial charge in [0.1, 0.15) is 0 Å². The van der Waals surface area contributed by atoms with Crippen LogP contribution in [-0.4, -0.2) is 20.0 Å². The van der Waals surface area contributed by atoms with Gasteiger partial charge < -0.3 is 4.42 Å². The number of hydrogen-bond donors (Lipinski definition) is 0. The van der Waals surface area contributed by atoms with E-state index >= 15 is 0 Å². The standard InChI is InChI=1S/C11H14N4O/c1-7-8(6-15(3)14-7)9-12-13-10(16-9)11(2)4-5-11/h6H,4-5H2,1-3H3. The molecule has 0 saturated heterocycles. The largest absolute Gasteiger partial charge is 0.420 e. The van der Waals surface area contributed by atoms with Crippen molar-refractivity contribution >= 4 is 0 Å². The van der Waals surface area contributed by atoms with Crippen molar-refractivity contribution in [3.63, 3.8) is 0 Å². The van der Waals surface area contributed by atoms with E-state index in [1.807, 2.05) is 20.2 Å². The van der Waals surface area contributed by atoms with E-state index in [0.29, 0.717) is 5.89 Å². The van der Waals surface area contributed by atoms with Crippen LogP contribution in [0.1, 0.15) is 31.4 Å². The van der Waals surface area contributed by atoms with Gasteiger partial charge >= 0.3 is 0 Å². The molecule has 0 bridgehead atoms. The molecule has 1 aliphatic carbocycles. The molecule has 2 aromatic rings. The van der Waals surface area contributed by atoms with Crippen molar-refractivity contribution in [2.24, 2.45) is 7.05 Å². The smallest absolute Gasteiger partial charge is 0.251 e. The molecular formula is C11H14N4O. The second-order valence-electron chi connectivity index (χ2n) is 4.77. The maximum atomic E-state index is 5.72. The molecule has 0 atom stereocenters. The maximum absolute atomic E-state index is 5.72. The molecule has 1 aliphatic rings. The highest BCUT2D eigenvalue weighted by Crippen LogP contribution is 2.47. The molecule has 84 valence electrons. The summed E-state index contributed by atoms with van der Waals surface area (Å²) in [5, 5.41) is 12.5.